The summed E-state index contributed by atoms with van der Waals surface area (Å²) in [6.07, 6.45) is 0. The Morgan fingerprint density at radius 3 is 1.33 bits per heavy atom. The topological polar surface area (TPSA) is 111 Å². The fourth-order valence-corrected chi connectivity index (χ4v) is 4.91. The molecule has 0 radical (unpaired) electrons. The molecule has 6 rings (SSSR count). The normalized spacial score (nSPS) is 10.5. The third-order valence-electron chi connectivity index (χ3n) is 7.47. The van der Waals surface area contributed by atoms with Crippen molar-refractivity contribution in [2.45, 2.75) is 6.92 Å². The Morgan fingerprint density at radius 1 is 0.408 bits per heavy atom. The molecule has 0 fully saturated rings. The lowest BCUT2D eigenvalue weighted by molar-refractivity contribution is 0.101. The van der Waals surface area contributed by atoms with E-state index in [-0.39, 0.29) is 23.4 Å². The fourth-order valence-electron chi connectivity index (χ4n) is 4.91. The van der Waals surface area contributed by atoms with E-state index in [2.05, 4.69) is 10.6 Å². The van der Waals surface area contributed by atoms with Gasteiger partial charge in [-0.15, -0.1) is 0 Å². The maximum absolute atomic E-state index is 13.0. The number of Topliss-reactive ketones (excluding diaryl/α,β-unsaturated/α-hetero) is 1. The number of ether oxygens (including phenoxy) is 2. The molecule has 6 aromatic rings. The molecule has 0 aromatic heterocycles. The number of rotatable bonds is 11. The largest absolute Gasteiger partial charge is 0.457 e. The molecule has 8 nitrogen and oxygen atoms in total. The van der Waals surface area contributed by atoms with Gasteiger partial charge in [-0.05, 0) is 116 Å². The Bertz CT molecular complexity index is 2130. The Labute approximate surface area is 283 Å². The van der Waals surface area contributed by atoms with Crippen molar-refractivity contribution in [3.63, 3.8) is 0 Å². The summed E-state index contributed by atoms with van der Waals surface area (Å²) in [6.45, 7) is 1.46. The lowest BCUT2D eigenvalue weighted by Crippen LogP contribution is -2.14. The number of anilines is 2. The van der Waals surface area contributed by atoms with Gasteiger partial charge in [0.2, 0.25) is 0 Å². The van der Waals surface area contributed by atoms with Crippen LogP contribution in [0.5, 0.6) is 23.0 Å². The number of ketones is 2. The summed E-state index contributed by atoms with van der Waals surface area (Å²) < 4.78 is 11.7. The van der Waals surface area contributed by atoms with E-state index in [1.165, 1.54) is 6.92 Å². The second kappa shape index (κ2) is 14.7. The van der Waals surface area contributed by atoms with Gasteiger partial charge in [0.15, 0.2) is 11.6 Å². The van der Waals surface area contributed by atoms with Gasteiger partial charge in [0.1, 0.15) is 23.0 Å². The molecule has 49 heavy (non-hydrogen) atoms. The van der Waals surface area contributed by atoms with Crippen molar-refractivity contribution in [1.82, 2.24) is 0 Å². The number of amides is 2. The summed E-state index contributed by atoms with van der Waals surface area (Å²) in [5, 5.41) is 5.71. The molecule has 0 unspecified atom stereocenters. The van der Waals surface area contributed by atoms with Crippen LogP contribution in [0.15, 0.2) is 152 Å². The van der Waals surface area contributed by atoms with Crippen molar-refractivity contribution in [3.8, 4) is 23.0 Å². The van der Waals surface area contributed by atoms with Crippen molar-refractivity contribution < 1.29 is 28.7 Å². The van der Waals surface area contributed by atoms with Gasteiger partial charge in [-0.1, -0.05) is 42.5 Å². The zero-order valence-corrected chi connectivity index (χ0v) is 26.4. The van der Waals surface area contributed by atoms with E-state index in [9.17, 15) is 19.2 Å². The summed E-state index contributed by atoms with van der Waals surface area (Å²) in [7, 11) is 0. The van der Waals surface area contributed by atoms with Gasteiger partial charge in [0, 0.05) is 39.2 Å². The van der Waals surface area contributed by atoms with Crippen LogP contribution >= 0.6 is 0 Å². The van der Waals surface area contributed by atoms with Crippen molar-refractivity contribution in [2.75, 3.05) is 10.6 Å². The summed E-state index contributed by atoms with van der Waals surface area (Å²) in [4.78, 5) is 50.4. The molecule has 0 aliphatic heterocycles. The molecule has 6 aromatic carbocycles. The highest BCUT2D eigenvalue weighted by molar-refractivity contribution is 6.10. The first-order valence-corrected chi connectivity index (χ1v) is 15.4. The number of carbonyl (C=O) groups excluding carboxylic acids is 4. The van der Waals surface area contributed by atoms with Crippen molar-refractivity contribution in [1.29, 1.82) is 0 Å². The molecule has 0 bridgehead atoms. The molecule has 2 N–H and O–H groups in total. The fraction of sp³-hybridized carbons (Fsp3) is 0.0244. The van der Waals surface area contributed by atoms with Gasteiger partial charge in [0.25, 0.3) is 11.8 Å². The highest BCUT2D eigenvalue weighted by Gasteiger charge is 2.13. The van der Waals surface area contributed by atoms with Crippen LogP contribution in [0.3, 0.4) is 0 Å². The van der Waals surface area contributed by atoms with E-state index < -0.39 is 0 Å². The zero-order chi connectivity index (χ0) is 34.2. The van der Waals surface area contributed by atoms with Gasteiger partial charge >= 0.3 is 0 Å². The molecule has 0 saturated carbocycles. The minimum absolute atomic E-state index is 0.105. The number of carbonyl (C=O) groups is 4. The monoisotopic (exact) mass is 646 g/mol. The van der Waals surface area contributed by atoms with Crippen molar-refractivity contribution in [2.24, 2.45) is 0 Å². The molecular formula is C41H30N2O6. The first kappa shape index (κ1) is 32.2. The minimum Gasteiger partial charge on any atom is -0.457 e. The highest BCUT2D eigenvalue weighted by atomic mass is 16.5. The van der Waals surface area contributed by atoms with Crippen LogP contribution in [0.4, 0.5) is 11.4 Å². The first-order valence-electron chi connectivity index (χ1n) is 15.4. The van der Waals surface area contributed by atoms with Gasteiger partial charge in [-0.3, -0.25) is 19.2 Å². The van der Waals surface area contributed by atoms with Gasteiger partial charge in [0.05, 0.1) is 0 Å². The summed E-state index contributed by atoms with van der Waals surface area (Å²) in [6, 6.07) is 43.0. The summed E-state index contributed by atoms with van der Waals surface area (Å²) >= 11 is 0. The van der Waals surface area contributed by atoms with E-state index in [0.29, 0.717) is 62.2 Å². The Balaban J connectivity index is 1.02. The van der Waals surface area contributed by atoms with E-state index in [1.54, 1.807) is 121 Å². The van der Waals surface area contributed by atoms with Crippen LogP contribution in [0.25, 0.3) is 0 Å². The zero-order valence-electron chi connectivity index (χ0n) is 26.4. The second-order valence-electron chi connectivity index (χ2n) is 11.0. The lowest BCUT2D eigenvalue weighted by Gasteiger charge is -2.10. The van der Waals surface area contributed by atoms with Crippen LogP contribution in [-0.2, 0) is 0 Å². The number of para-hydroxylation sites is 1. The Kier molecular flexibility index (Phi) is 9.67. The minimum atomic E-state index is -0.333. The molecule has 0 spiro atoms. The average Bonchev–Trinajstić information content (AvgIpc) is 3.13. The molecule has 0 saturated heterocycles. The lowest BCUT2D eigenvalue weighted by atomic mass is 10.0. The van der Waals surface area contributed by atoms with Gasteiger partial charge in [-0.2, -0.15) is 0 Å². The third-order valence-corrected chi connectivity index (χ3v) is 7.47. The second-order valence-corrected chi connectivity index (χ2v) is 11.0. The van der Waals surface area contributed by atoms with Crippen LogP contribution in [-0.4, -0.2) is 23.4 Å². The predicted octanol–water partition coefficient (Wildman–Crippen LogP) is 9.21. The first-order chi connectivity index (χ1) is 23.8. The molecule has 8 heteroatoms. The maximum Gasteiger partial charge on any atom is 0.255 e. The number of nitrogens with one attached hydrogen (secondary N) is 2. The van der Waals surface area contributed by atoms with E-state index in [1.807, 2.05) is 30.3 Å². The molecular weight excluding hydrogens is 616 g/mol. The van der Waals surface area contributed by atoms with E-state index >= 15 is 0 Å². The predicted molar refractivity (Wildman–Crippen MR) is 188 cm³/mol. The molecule has 0 aliphatic rings. The molecule has 240 valence electrons. The quantitative estimate of drug-likeness (QED) is 0.136. The van der Waals surface area contributed by atoms with Crippen LogP contribution in [0, 0.1) is 0 Å². The Morgan fingerprint density at radius 2 is 0.837 bits per heavy atom. The number of hydrogen-bond acceptors (Lipinski definition) is 6. The standard InChI is InChI=1S/C41H30N2O6/c1-27(44)31-7-5-8-32(25-31)39(45)28-13-19-36(20-14-28)49-38-23-17-30(18-24-38)41(47)43-34-10-6-9-33(26-34)42-40(46)29-15-21-37(22-16-29)48-35-11-3-2-4-12-35/h2-26H,1H3,(H,42,46)(H,43,47). The van der Waals surface area contributed by atoms with Crippen LogP contribution < -0.4 is 20.1 Å². The van der Waals surface area contributed by atoms with Gasteiger partial charge < -0.3 is 20.1 Å². The highest BCUT2D eigenvalue weighted by Crippen LogP contribution is 2.25. The smallest absolute Gasteiger partial charge is 0.255 e. The van der Waals surface area contributed by atoms with Gasteiger partial charge in [-0.25, -0.2) is 0 Å². The molecule has 2 amide bonds. The van der Waals surface area contributed by atoms with Crippen molar-refractivity contribution >= 4 is 34.8 Å². The maximum atomic E-state index is 13.0. The number of hydrogen-bond donors (Lipinski definition) is 2. The molecule has 0 heterocycles. The van der Waals surface area contributed by atoms with Crippen LogP contribution in [0.1, 0.15) is 53.9 Å². The van der Waals surface area contributed by atoms with E-state index in [0.717, 1.165) is 0 Å². The third kappa shape index (κ3) is 8.33. The van der Waals surface area contributed by atoms with Crippen molar-refractivity contribution in [3.05, 3.63) is 179 Å². The van der Waals surface area contributed by atoms with E-state index in [4.69, 9.17) is 9.47 Å². The van der Waals surface area contributed by atoms with Crippen LogP contribution in [0.2, 0.25) is 0 Å². The Hall–Kier alpha value is -6.80. The summed E-state index contributed by atoms with van der Waals surface area (Å²) in [5.41, 5.74) is 3.28. The number of benzene rings is 6. The molecule has 0 atom stereocenters. The average molecular weight is 647 g/mol. The SMILES string of the molecule is CC(=O)c1cccc(C(=O)c2ccc(Oc3ccc(C(=O)Nc4cccc(NC(=O)c5ccc(Oc6ccccc6)cc5)c4)cc3)cc2)c1. The molecule has 0 aliphatic carbocycles. The summed E-state index contributed by atoms with van der Waals surface area (Å²) in [5.74, 6) is 1.41.